The van der Waals surface area contributed by atoms with Crippen LogP contribution in [0.5, 0.6) is 0 Å². The van der Waals surface area contributed by atoms with Crippen LogP contribution in [0.4, 0.5) is 11.4 Å². The number of rotatable bonds is 3. The Kier molecular flexibility index (Phi) is 4.76. The van der Waals surface area contributed by atoms with Crippen LogP contribution in [0.3, 0.4) is 0 Å². The summed E-state index contributed by atoms with van der Waals surface area (Å²) in [7, 11) is 0. The van der Waals surface area contributed by atoms with Crippen molar-refractivity contribution in [2.75, 3.05) is 37.6 Å². The predicted octanol–water partition coefficient (Wildman–Crippen LogP) is 1.39. The number of piperazine rings is 1. The maximum absolute atomic E-state index is 12.5. The summed E-state index contributed by atoms with van der Waals surface area (Å²) in [4.78, 5) is 27.2. The molecular formula is C16H22N4O3. The number of carbonyl (C=O) groups is 1. The number of anilines is 1. The molecule has 1 aromatic carbocycles. The van der Waals surface area contributed by atoms with Gasteiger partial charge in [-0.15, -0.1) is 0 Å². The van der Waals surface area contributed by atoms with Crippen molar-refractivity contribution in [2.24, 2.45) is 0 Å². The van der Waals surface area contributed by atoms with E-state index >= 15 is 0 Å². The Labute approximate surface area is 135 Å². The second kappa shape index (κ2) is 6.95. The van der Waals surface area contributed by atoms with E-state index in [2.05, 4.69) is 5.32 Å². The Morgan fingerprint density at radius 3 is 2.57 bits per heavy atom. The molecule has 2 fully saturated rings. The van der Waals surface area contributed by atoms with Gasteiger partial charge in [-0.1, -0.05) is 18.6 Å². The minimum absolute atomic E-state index is 0.0543. The van der Waals surface area contributed by atoms with E-state index in [4.69, 9.17) is 0 Å². The highest BCUT2D eigenvalue weighted by Gasteiger charge is 2.29. The van der Waals surface area contributed by atoms with Crippen molar-refractivity contribution in [3.63, 3.8) is 0 Å². The molecule has 23 heavy (non-hydrogen) atoms. The lowest BCUT2D eigenvalue weighted by molar-refractivity contribution is -0.384. The zero-order chi connectivity index (χ0) is 16.2. The summed E-state index contributed by atoms with van der Waals surface area (Å²) in [5.41, 5.74) is 0.765. The zero-order valence-corrected chi connectivity index (χ0v) is 13.1. The molecule has 1 unspecified atom stereocenters. The van der Waals surface area contributed by atoms with E-state index in [1.165, 1.54) is 6.07 Å². The summed E-state index contributed by atoms with van der Waals surface area (Å²) in [5, 5.41) is 14.4. The third kappa shape index (κ3) is 3.44. The lowest BCUT2D eigenvalue weighted by atomic mass is 10.0. The van der Waals surface area contributed by atoms with Crippen molar-refractivity contribution in [3.8, 4) is 0 Å². The number of amides is 1. The summed E-state index contributed by atoms with van der Waals surface area (Å²) < 4.78 is 0. The number of nitrogens with zero attached hydrogens (tertiary/aromatic N) is 3. The monoisotopic (exact) mass is 318 g/mol. The molecule has 1 aromatic rings. The minimum atomic E-state index is -0.348. The highest BCUT2D eigenvalue weighted by molar-refractivity contribution is 5.82. The van der Waals surface area contributed by atoms with Crippen LogP contribution in [0.2, 0.25) is 0 Å². The van der Waals surface area contributed by atoms with E-state index in [0.717, 1.165) is 25.8 Å². The fourth-order valence-corrected chi connectivity index (χ4v) is 3.34. The van der Waals surface area contributed by atoms with Crippen LogP contribution in [0.25, 0.3) is 0 Å². The van der Waals surface area contributed by atoms with E-state index in [0.29, 0.717) is 31.9 Å². The lowest BCUT2D eigenvalue weighted by Crippen LogP contribution is -2.55. The Balaban J connectivity index is 1.62. The van der Waals surface area contributed by atoms with Crippen LogP contribution in [0.15, 0.2) is 24.3 Å². The second-order valence-corrected chi connectivity index (χ2v) is 6.06. The first-order valence-electron chi connectivity index (χ1n) is 8.17. The van der Waals surface area contributed by atoms with Gasteiger partial charge in [-0.3, -0.25) is 14.9 Å². The first-order chi connectivity index (χ1) is 11.2. The molecular weight excluding hydrogens is 296 g/mol. The predicted molar refractivity (Wildman–Crippen MR) is 87.5 cm³/mol. The smallest absolute Gasteiger partial charge is 0.292 e. The van der Waals surface area contributed by atoms with Crippen LogP contribution in [0, 0.1) is 10.1 Å². The van der Waals surface area contributed by atoms with Gasteiger partial charge < -0.3 is 15.1 Å². The Hall–Kier alpha value is -2.15. The number of carbonyl (C=O) groups excluding carboxylic acids is 1. The van der Waals surface area contributed by atoms with Crippen LogP contribution < -0.4 is 10.2 Å². The summed E-state index contributed by atoms with van der Waals surface area (Å²) >= 11 is 0. The molecule has 0 radical (unpaired) electrons. The molecule has 124 valence electrons. The number of para-hydroxylation sites is 2. The molecule has 1 amide bonds. The molecule has 0 saturated carbocycles. The molecule has 2 saturated heterocycles. The van der Waals surface area contributed by atoms with Gasteiger partial charge in [-0.2, -0.15) is 0 Å². The van der Waals surface area contributed by atoms with Crippen molar-refractivity contribution in [3.05, 3.63) is 34.4 Å². The SMILES string of the molecule is O=C(C1CCCCN1)N1CCN(c2ccccc2[N+](=O)[O-])CC1. The van der Waals surface area contributed by atoms with Gasteiger partial charge in [0.05, 0.1) is 11.0 Å². The van der Waals surface area contributed by atoms with E-state index in [9.17, 15) is 14.9 Å². The maximum Gasteiger partial charge on any atom is 0.292 e. The van der Waals surface area contributed by atoms with Crippen LogP contribution in [0.1, 0.15) is 19.3 Å². The summed E-state index contributed by atoms with van der Waals surface area (Å²) in [5.74, 6) is 0.173. The molecule has 1 N–H and O–H groups in total. The number of hydrogen-bond donors (Lipinski definition) is 1. The van der Waals surface area contributed by atoms with Crippen LogP contribution in [-0.4, -0.2) is 54.5 Å². The average Bonchev–Trinajstić information content (AvgIpc) is 2.62. The molecule has 7 nitrogen and oxygen atoms in total. The van der Waals surface area contributed by atoms with Crippen LogP contribution >= 0.6 is 0 Å². The highest BCUT2D eigenvalue weighted by atomic mass is 16.6. The largest absolute Gasteiger partial charge is 0.362 e. The van der Waals surface area contributed by atoms with E-state index in [1.54, 1.807) is 12.1 Å². The number of benzene rings is 1. The molecule has 2 heterocycles. The molecule has 3 rings (SSSR count). The molecule has 7 heteroatoms. The molecule has 2 aliphatic rings. The fourth-order valence-electron chi connectivity index (χ4n) is 3.34. The quantitative estimate of drug-likeness (QED) is 0.673. The van der Waals surface area contributed by atoms with Gasteiger partial charge >= 0.3 is 0 Å². The van der Waals surface area contributed by atoms with Crippen molar-refractivity contribution < 1.29 is 9.72 Å². The average molecular weight is 318 g/mol. The summed E-state index contributed by atoms with van der Waals surface area (Å²) in [6.45, 7) is 3.39. The Bertz CT molecular complexity index is 578. The lowest BCUT2D eigenvalue weighted by Gasteiger charge is -2.38. The topological polar surface area (TPSA) is 78.7 Å². The van der Waals surface area contributed by atoms with Crippen LogP contribution in [-0.2, 0) is 4.79 Å². The van der Waals surface area contributed by atoms with Crippen molar-refractivity contribution in [1.82, 2.24) is 10.2 Å². The van der Waals surface area contributed by atoms with Crippen molar-refractivity contribution in [1.29, 1.82) is 0 Å². The third-order valence-electron chi connectivity index (χ3n) is 4.62. The number of nitro groups is 1. The number of nitrogens with one attached hydrogen (secondary N) is 1. The van der Waals surface area contributed by atoms with Gasteiger partial charge in [0.2, 0.25) is 5.91 Å². The molecule has 0 bridgehead atoms. The maximum atomic E-state index is 12.5. The van der Waals surface area contributed by atoms with Gasteiger partial charge in [0.1, 0.15) is 5.69 Å². The number of piperidine rings is 1. The standard InChI is InChI=1S/C16H22N4O3/c21-16(13-5-3-4-8-17-13)19-11-9-18(10-12-19)14-6-1-2-7-15(14)20(22)23/h1-2,6-7,13,17H,3-5,8-12H2. The minimum Gasteiger partial charge on any atom is -0.362 e. The van der Waals surface area contributed by atoms with E-state index in [-0.39, 0.29) is 22.6 Å². The molecule has 0 aromatic heterocycles. The summed E-state index contributed by atoms with van der Waals surface area (Å²) in [6.07, 6.45) is 3.14. The van der Waals surface area contributed by atoms with Crippen molar-refractivity contribution >= 4 is 17.3 Å². The van der Waals surface area contributed by atoms with Crippen molar-refractivity contribution in [2.45, 2.75) is 25.3 Å². The van der Waals surface area contributed by atoms with Gasteiger partial charge in [0.15, 0.2) is 0 Å². The third-order valence-corrected chi connectivity index (χ3v) is 4.62. The Morgan fingerprint density at radius 2 is 1.91 bits per heavy atom. The van der Waals surface area contributed by atoms with E-state index in [1.807, 2.05) is 15.9 Å². The first kappa shape index (κ1) is 15.7. The summed E-state index contributed by atoms with van der Waals surface area (Å²) in [6, 6.07) is 6.74. The molecule has 0 spiro atoms. The molecule has 1 atom stereocenters. The zero-order valence-electron chi connectivity index (χ0n) is 13.1. The molecule has 0 aliphatic carbocycles. The van der Waals surface area contributed by atoms with E-state index < -0.39 is 0 Å². The van der Waals surface area contributed by atoms with Gasteiger partial charge in [-0.05, 0) is 25.5 Å². The first-order valence-corrected chi connectivity index (χ1v) is 8.17. The fraction of sp³-hybridized carbons (Fsp3) is 0.562. The molecule has 2 aliphatic heterocycles. The number of nitro benzene ring substituents is 1. The normalized spacial score (nSPS) is 22.0. The van der Waals surface area contributed by atoms with Gasteiger partial charge in [-0.25, -0.2) is 0 Å². The van der Waals surface area contributed by atoms with Gasteiger partial charge in [0.25, 0.3) is 5.69 Å². The Morgan fingerprint density at radius 1 is 1.17 bits per heavy atom. The number of hydrogen-bond acceptors (Lipinski definition) is 5. The van der Waals surface area contributed by atoms with Gasteiger partial charge in [0, 0.05) is 32.2 Å². The highest BCUT2D eigenvalue weighted by Crippen LogP contribution is 2.28. The second-order valence-electron chi connectivity index (χ2n) is 6.06.